The van der Waals surface area contributed by atoms with E-state index in [-0.39, 0.29) is 0 Å². The van der Waals surface area contributed by atoms with E-state index in [1.165, 1.54) is 38.5 Å². The monoisotopic (exact) mass is 195 g/mol. The molecule has 2 saturated carbocycles. The number of rotatable bonds is 3. The van der Waals surface area contributed by atoms with Crippen LogP contribution in [0.25, 0.3) is 0 Å². The zero-order chi connectivity index (χ0) is 9.38. The Morgan fingerprint density at radius 3 is 2.43 bits per heavy atom. The molecule has 2 nitrogen and oxygen atoms in total. The highest BCUT2D eigenvalue weighted by atomic mass is 16.5. The molecule has 0 bridgehead atoms. The van der Waals surface area contributed by atoms with Crippen molar-refractivity contribution in [3.05, 3.63) is 0 Å². The molecule has 3 rings (SSSR count). The molecule has 2 heteroatoms. The molecule has 14 heavy (non-hydrogen) atoms. The molecule has 0 amide bonds. The summed E-state index contributed by atoms with van der Waals surface area (Å²) in [5.74, 6) is 2.07. The summed E-state index contributed by atoms with van der Waals surface area (Å²) in [6.45, 7) is 2.10. The van der Waals surface area contributed by atoms with Gasteiger partial charge in [-0.1, -0.05) is 12.8 Å². The Hall–Kier alpha value is -0.0800. The third-order valence-corrected chi connectivity index (χ3v) is 4.26. The van der Waals surface area contributed by atoms with Crippen molar-refractivity contribution in [3.63, 3.8) is 0 Å². The van der Waals surface area contributed by atoms with Crippen molar-refractivity contribution in [1.82, 2.24) is 5.32 Å². The van der Waals surface area contributed by atoms with Crippen LogP contribution >= 0.6 is 0 Å². The smallest absolute Gasteiger partial charge is 0.0700 e. The van der Waals surface area contributed by atoms with Gasteiger partial charge in [0.25, 0.3) is 0 Å². The lowest BCUT2D eigenvalue weighted by Crippen LogP contribution is -2.29. The average molecular weight is 195 g/mol. The van der Waals surface area contributed by atoms with Crippen LogP contribution in [0.4, 0.5) is 0 Å². The second-order valence-electron chi connectivity index (χ2n) is 5.18. The average Bonchev–Trinajstić information content (AvgIpc) is 2.69. The summed E-state index contributed by atoms with van der Waals surface area (Å²) in [5, 5.41) is 3.72. The fraction of sp³-hybridized carbons (Fsp3) is 1.00. The van der Waals surface area contributed by atoms with Crippen molar-refractivity contribution in [1.29, 1.82) is 0 Å². The number of ether oxygens (including phenoxy) is 1. The summed E-state index contributed by atoms with van der Waals surface area (Å²) < 4.78 is 5.62. The first kappa shape index (κ1) is 9.17. The Labute approximate surface area is 86.4 Å². The van der Waals surface area contributed by atoms with Gasteiger partial charge in [0.05, 0.1) is 6.10 Å². The minimum Gasteiger partial charge on any atom is -0.377 e. The minimum atomic E-state index is 0.526. The van der Waals surface area contributed by atoms with Crippen molar-refractivity contribution in [2.75, 3.05) is 13.2 Å². The molecule has 0 spiro atoms. The number of nitrogens with one attached hydrogen (secondary N) is 1. The lowest BCUT2D eigenvalue weighted by Gasteiger charge is -2.10. The van der Waals surface area contributed by atoms with Crippen LogP contribution in [-0.2, 0) is 4.74 Å². The fourth-order valence-corrected chi connectivity index (χ4v) is 3.37. The van der Waals surface area contributed by atoms with E-state index >= 15 is 0 Å². The van der Waals surface area contributed by atoms with Crippen LogP contribution in [0.3, 0.4) is 0 Å². The van der Waals surface area contributed by atoms with E-state index in [2.05, 4.69) is 5.32 Å². The van der Waals surface area contributed by atoms with E-state index in [0.717, 1.165) is 31.0 Å². The standard InChI is InChI=1S/C12H21NO/c1-2-6-11-10(5-1)12(11)13-8-9-4-3-7-14-9/h9-13H,1-8H2. The quantitative estimate of drug-likeness (QED) is 0.743. The zero-order valence-corrected chi connectivity index (χ0v) is 8.87. The molecule has 0 aromatic carbocycles. The SMILES string of the molecule is C1COC(CNC2C3CCCCC32)C1. The molecule has 1 N–H and O–H groups in total. The summed E-state index contributed by atoms with van der Waals surface area (Å²) in [5.41, 5.74) is 0. The molecule has 0 radical (unpaired) electrons. The van der Waals surface area contributed by atoms with Gasteiger partial charge in [0.15, 0.2) is 0 Å². The first-order valence-corrected chi connectivity index (χ1v) is 6.30. The highest BCUT2D eigenvalue weighted by molar-refractivity contribution is 5.04. The number of hydrogen-bond acceptors (Lipinski definition) is 2. The predicted octanol–water partition coefficient (Wildman–Crippen LogP) is 1.94. The normalized spacial score (nSPS) is 46.3. The van der Waals surface area contributed by atoms with Gasteiger partial charge >= 0.3 is 0 Å². The Kier molecular flexibility index (Phi) is 2.50. The summed E-state index contributed by atoms with van der Waals surface area (Å²) in [6, 6.07) is 0.863. The zero-order valence-electron chi connectivity index (χ0n) is 8.87. The van der Waals surface area contributed by atoms with Gasteiger partial charge in [0.1, 0.15) is 0 Å². The number of hydrogen-bond donors (Lipinski definition) is 1. The van der Waals surface area contributed by atoms with Crippen LogP contribution in [0.2, 0.25) is 0 Å². The largest absolute Gasteiger partial charge is 0.377 e. The van der Waals surface area contributed by atoms with Gasteiger partial charge in [-0.25, -0.2) is 0 Å². The highest BCUT2D eigenvalue weighted by Crippen LogP contribution is 2.49. The van der Waals surface area contributed by atoms with Crippen LogP contribution in [0.1, 0.15) is 38.5 Å². The van der Waals surface area contributed by atoms with Crippen molar-refractivity contribution >= 4 is 0 Å². The highest BCUT2D eigenvalue weighted by Gasteiger charge is 2.50. The van der Waals surface area contributed by atoms with Crippen molar-refractivity contribution in [2.24, 2.45) is 11.8 Å². The first-order valence-electron chi connectivity index (χ1n) is 6.30. The summed E-state index contributed by atoms with van der Waals surface area (Å²) in [7, 11) is 0. The molecule has 1 heterocycles. The van der Waals surface area contributed by atoms with Gasteiger partial charge < -0.3 is 10.1 Å². The molecular weight excluding hydrogens is 174 g/mol. The predicted molar refractivity (Wildman–Crippen MR) is 56.2 cm³/mol. The Balaban J connectivity index is 1.41. The van der Waals surface area contributed by atoms with Gasteiger partial charge in [-0.05, 0) is 37.5 Å². The molecular formula is C12H21NO. The van der Waals surface area contributed by atoms with E-state index < -0.39 is 0 Å². The van der Waals surface area contributed by atoms with Gasteiger partial charge in [0.2, 0.25) is 0 Å². The summed E-state index contributed by atoms with van der Waals surface area (Å²) in [6.07, 6.45) is 8.97. The topological polar surface area (TPSA) is 21.3 Å². The maximum atomic E-state index is 5.62. The molecule has 3 unspecified atom stereocenters. The lowest BCUT2D eigenvalue weighted by molar-refractivity contribution is 0.109. The van der Waals surface area contributed by atoms with Gasteiger partial charge in [0, 0.05) is 19.2 Å². The Morgan fingerprint density at radius 1 is 1.00 bits per heavy atom. The molecule has 1 saturated heterocycles. The number of fused-ring (bicyclic) bond motifs is 1. The second kappa shape index (κ2) is 3.82. The molecule has 3 atom stereocenters. The molecule has 1 aliphatic heterocycles. The molecule has 0 aromatic rings. The lowest BCUT2D eigenvalue weighted by atomic mass is 10.0. The molecule has 3 fully saturated rings. The molecule has 3 aliphatic rings. The Morgan fingerprint density at radius 2 is 1.79 bits per heavy atom. The summed E-state index contributed by atoms with van der Waals surface area (Å²) in [4.78, 5) is 0. The maximum Gasteiger partial charge on any atom is 0.0700 e. The van der Waals surface area contributed by atoms with Crippen LogP contribution in [-0.4, -0.2) is 25.3 Å². The van der Waals surface area contributed by atoms with Crippen LogP contribution in [0, 0.1) is 11.8 Å². The van der Waals surface area contributed by atoms with Crippen LogP contribution in [0.5, 0.6) is 0 Å². The molecule has 0 aromatic heterocycles. The summed E-state index contributed by atoms with van der Waals surface area (Å²) >= 11 is 0. The molecule has 80 valence electrons. The third kappa shape index (κ3) is 1.70. The van der Waals surface area contributed by atoms with Gasteiger partial charge in [-0.2, -0.15) is 0 Å². The van der Waals surface area contributed by atoms with Crippen molar-refractivity contribution in [3.8, 4) is 0 Å². The van der Waals surface area contributed by atoms with Crippen LogP contribution in [0.15, 0.2) is 0 Å². The van der Waals surface area contributed by atoms with Crippen LogP contribution < -0.4 is 5.32 Å². The maximum absolute atomic E-state index is 5.62. The fourth-order valence-electron chi connectivity index (χ4n) is 3.37. The van der Waals surface area contributed by atoms with Gasteiger partial charge in [-0.15, -0.1) is 0 Å². The van der Waals surface area contributed by atoms with E-state index in [9.17, 15) is 0 Å². The minimum absolute atomic E-state index is 0.526. The van der Waals surface area contributed by atoms with Crippen molar-refractivity contribution < 1.29 is 4.74 Å². The second-order valence-corrected chi connectivity index (χ2v) is 5.18. The van der Waals surface area contributed by atoms with E-state index in [4.69, 9.17) is 4.74 Å². The third-order valence-electron chi connectivity index (χ3n) is 4.26. The Bertz CT molecular complexity index is 188. The van der Waals surface area contributed by atoms with Gasteiger partial charge in [-0.3, -0.25) is 0 Å². The van der Waals surface area contributed by atoms with Crippen molar-refractivity contribution in [2.45, 2.75) is 50.7 Å². The molecule has 2 aliphatic carbocycles. The van der Waals surface area contributed by atoms with E-state index in [0.29, 0.717) is 6.10 Å². The van der Waals surface area contributed by atoms with E-state index in [1.807, 2.05) is 0 Å². The van der Waals surface area contributed by atoms with E-state index in [1.54, 1.807) is 0 Å². The first-order chi connectivity index (χ1) is 6.95.